The molecule has 3 heteroatoms. The molecule has 0 amide bonds. The van der Waals surface area contributed by atoms with Gasteiger partial charge in [0.05, 0.1) is 13.5 Å². The van der Waals surface area contributed by atoms with Gasteiger partial charge in [-0.25, -0.2) is 0 Å². The SMILES string of the molecule is COC(=O)C[CH]c1ccc(Cl)cc1. The standard InChI is InChI=1S/C10H10ClO2/c1-13-10(12)7-4-8-2-5-9(11)6-3-8/h2-6H,7H2,1H3. The number of methoxy groups -OCH3 is 1. The van der Waals surface area contributed by atoms with E-state index in [4.69, 9.17) is 11.6 Å². The van der Waals surface area contributed by atoms with Crippen LogP contribution < -0.4 is 0 Å². The molecule has 0 N–H and O–H groups in total. The molecule has 0 atom stereocenters. The second-order valence-electron chi connectivity index (χ2n) is 2.54. The molecule has 0 aliphatic heterocycles. The van der Waals surface area contributed by atoms with Gasteiger partial charge in [0.15, 0.2) is 0 Å². The van der Waals surface area contributed by atoms with Crippen molar-refractivity contribution in [1.29, 1.82) is 0 Å². The highest BCUT2D eigenvalue weighted by Gasteiger charge is 2.00. The first-order valence-electron chi connectivity index (χ1n) is 3.88. The van der Waals surface area contributed by atoms with Gasteiger partial charge in [0, 0.05) is 11.4 Å². The van der Waals surface area contributed by atoms with Gasteiger partial charge >= 0.3 is 5.97 Å². The van der Waals surface area contributed by atoms with Crippen LogP contribution in [0, 0.1) is 6.42 Å². The second kappa shape index (κ2) is 4.87. The van der Waals surface area contributed by atoms with Gasteiger partial charge in [-0.05, 0) is 17.7 Å². The van der Waals surface area contributed by atoms with Crippen LogP contribution >= 0.6 is 11.6 Å². The van der Waals surface area contributed by atoms with Gasteiger partial charge in [-0.15, -0.1) is 0 Å². The minimum Gasteiger partial charge on any atom is -0.469 e. The van der Waals surface area contributed by atoms with E-state index in [2.05, 4.69) is 4.74 Å². The molecule has 69 valence electrons. The zero-order valence-corrected chi connectivity index (χ0v) is 8.04. The summed E-state index contributed by atoms with van der Waals surface area (Å²) in [5.74, 6) is -0.241. The maximum Gasteiger partial charge on any atom is 0.306 e. The Morgan fingerprint density at radius 3 is 2.62 bits per heavy atom. The number of rotatable bonds is 3. The predicted molar refractivity (Wildman–Crippen MR) is 51.5 cm³/mol. The van der Waals surface area contributed by atoms with Crippen LogP contribution in [-0.2, 0) is 9.53 Å². The number of hydrogen-bond acceptors (Lipinski definition) is 2. The number of benzene rings is 1. The number of esters is 1. The summed E-state index contributed by atoms with van der Waals surface area (Å²) in [5.41, 5.74) is 0.967. The van der Waals surface area contributed by atoms with Crippen LogP contribution in [0.5, 0.6) is 0 Å². The van der Waals surface area contributed by atoms with Gasteiger partial charge < -0.3 is 4.74 Å². The molecule has 0 saturated heterocycles. The Bertz CT molecular complexity index is 279. The first-order chi connectivity index (χ1) is 6.22. The molecule has 0 aliphatic carbocycles. The lowest BCUT2D eigenvalue weighted by Crippen LogP contribution is -2.00. The molecule has 2 nitrogen and oxygen atoms in total. The first-order valence-corrected chi connectivity index (χ1v) is 4.26. The van der Waals surface area contributed by atoms with Gasteiger partial charge in [-0.2, -0.15) is 0 Å². The summed E-state index contributed by atoms with van der Waals surface area (Å²) in [7, 11) is 1.37. The molecule has 0 bridgehead atoms. The number of ether oxygens (including phenoxy) is 1. The highest BCUT2D eigenvalue weighted by atomic mass is 35.5. The van der Waals surface area contributed by atoms with Crippen molar-refractivity contribution < 1.29 is 9.53 Å². The number of carbonyl (C=O) groups is 1. The molecule has 0 aliphatic rings. The molecule has 0 unspecified atom stereocenters. The predicted octanol–water partition coefficient (Wildman–Crippen LogP) is 2.46. The fourth-order valence-corrected chi connectivity index (χ4v) is 1.01. The average Bonchev–Trinajstić information content (AvgIpc) is 2.16. The van der Waals surface area contributed by atoms with Gasteiger partial charge in [0.1, 0.15) is 0 Å². The van der Waals surface area contributed by atoms with Gasteiger partial charge in [-0.1, -0.05) is 23.7 Å². The smallest absolute Gasteiger partial charge is 0.306 e. The van der Waals surface area contributed by atoms with Crippen molar-refractivity contribution in [3.8, 4) is 0 Å². The van der Waals surface area contributed by atoms with Gasteiger partial charge in [0.25, 0.3) is 0 Å². The van der Waals surface area contributed by atoms with Gasteiger partial charge in [-0.3, -0.25) is 4.79 Å². The molecule has 0 spiro atoms. The van der Waals surface area contributed by atoms with E-state index in [0.29, 0.717) is 5.02 Å². The molecule has 0 heterocycles. The van der Waals surface area contributed by atoms with Crippen LogP contribution in [0.25, 0.3) is 0 Å². The molecule has 1 radical (unpaired) electrons. The van der Waals surface area contributed by atoms with Crippen LogP contribution in [0.15, 0.2) is 24.3 Å². The van der Waals surface area contributed by atoms with E-state index >= 15 is 0 Å². The summed E-state index contributed by atoms with van der Waals surface area (Å²) in [6, 6.07) is 7.27. The molecule has 1 rings (SSSR count). The fraction of sp³-hybridized carbons (Fsp3) is 0.200. The molecule has 1 aromatic rings. The summed E-state index contributed by atoms with van der Waals surface area (Å²) in [6.45, 7) is 0. The second-order valence-corrected chi connectivity index (χ2v) is 2.97. The average molecular weight is 198 g/mol. The van der Waals surface area contributed by atoms with E-state index in [9.17, 15) is 4.79 Å². The lowest BCUT2D eigenvalue weighted by molar-refractivity contribution is -0.139. The summed E-state index contributed by atoms with van der Waals surface area (Å²) >= 11 is 5.70. The lowest BCUT2D eigenvalue weighted by atomic mass is 10.1. The maximum atomic E-state index is 10.8. The van der Waals surface area contributed by atoms with E-state index in [0.717, 1.165) is 5.56 Å². The van der Waals surface area contributed by atoms with E-state index in [-0.39, 0.29) is 12.4 Å². The Kier molecular flexibility index (Phi) is 3.77. The monoisotopic (exact) mass is 197 g/mol. The summed E-state index contributed by atoms with van der Waals surface area (Å²) < 4.78 is 4.50. The summed E-state index contributed by atoms with van der Waals surface area (Å²) in [4.78, 5) is 10.8. The van der Waals surface area contributed by atoms with Crippen LogP contribution in [-0.4, -0.2) is 13.1 Å². The Morgan fingerprint density at radius 2 is 2.08 bits per heavy atom. The highest BCUT2D eigenvalue weighted by molar-refractivity contribution is 6.30. The summed E-state index contributed by atoms with van der Waals surface area (Å²) in [5, 5.41) is 0.690. The van der Waals surface area contributed by atoms with Crippen molar-refractivity contribution >= 4 is 17.6 Å². The van der Waals surface area contributed by atoms with Crippen LogP contribution in [0.3, 0.4) is 0 Å². The molecule has 0 fully saturated rings. The Morgan fingerprint density at radius 1 is 1.46 bits per heavy atom. The van der Waals surface area contributed by atoms with Crippen molar-refractivity contribution in [2.75, 3.05) is 7.11 Å². The topological polar surface area (TPSA) is 26.3 Å². The van der Waals surface area contributed by atoms with E-state index in [1.807, 2.05) is 12.1 Å². The third kappa shape index (κ3) is 3.47. The van der Waals surface area contributed by atoms with E-state index in [1.165, 1.54) is 7.11 Å². The third-order valence-electron chi connectivity index (χ3n) is 1.60. The number of halogens is 1. The van der Waals surface area contributed by atoms with Crippen LogP contribution in [0.4, 0.5) is 0 Å². The molecule has 1 aromatic carbocycles. The molecular formula is C10H10ClO2. The number of carbonyl (C=O) groups excluding carboxylic acids is 1. The third-order valence-corrected chi connectivity index (χ3v) is 1.85. The maximum absolute atomic E-state index is 10.8. The first kappa shape index (κ1) is 10.1. The van der Waals surface area contributed by atoms with Crippen molar-refractivity contribution in [3.63, 3.8) is 0 Å². The van der Waals surface area contributed by atoms with Crippen molar-refractivity contribution in [3.05, 3.63) is 41.3 Å². The Balaban J connectivity index is 2.46. The Labute approximate surface area is 82.5 Å². The van der Waals surface area contributed by atoms with E-state index < -0.39 is 0 Å². The number of hydrogen-bond donors (Lipinski definition) is 0. The van der Waals surface area contributed by atoms with Crippen molar-refractivity contribution in [2.45, 2.75) is 6.42 Å². The zero-order valence-electron chi connectivity index (χ0n) is 7.29. The minimum atomic E-state index is -0.241. The lowest BCUT2D eigenvalue weighted by Gasteiger charge is -1.99. The minimum absolute atomic E-state index is 0.241. The molecule has 0 saturated carbocycles. The zero-order chi connectivity index (χ0) is 9.68. The van der Waals surface area contributed by atoms with Gasteiger partial charge in [0.2, 0.25) is 0 Å². The highest BCUT2D eigenvalue weighted by Crippen LogP contribution is 2.12. The Hall–Kier alpha value is -1.02. The fourth-order valence-electron chi connectivity index (χ4n) is 0.883. The van der Waals surface area contributed by atoms with Crippen molar-refractivity contribution in [1.82, 2.24) is 0 Å². The van der Waals surface area contributed by atoms with Crippen LogP contribution in [0.2, 0.25) is 5.02 Å². The summed E-state index contributed by atoms with van der Waals surface area (Å²) in [6.07, 6.45) is 2.08. The van der Waals surface area contributed by atoms with Crippen LogP contribution in [0.1, 0.15) is 12.0 Å². The normalized spacial score (nSPS) is 9.69. The quantitative estimate of drug-likeness (QED) is 0.696. The van der Waals surface area contributed by atoms with Crippen molar-refractivity contribution in [2.24, 2.45) is 0 Å². The largest absolute Gasteiger partial charge is 0.469 e. The molecule has 0 aromatic heterocycles. The molecule has 13 heavy (non-hydrogen) atoms. The molecular weight excluding hydrogens is 188 g/mol. The van der Waals surface area contributed by atoms with E-state index in [1.54, 1.807) is 18.6 Å².